The Morgan fingerprint density at radius 2 is 2.19 bits per heavy atom. The van der Waals surface area contributed by atoms with Crippen LogP contribution >= 0.6 is 11.8 Å². The molecule has 2 nitrogen and oxygen atoms in total. The first-order valence-electron chi connectivity index (χ1n) is 5.48. The van der Waals surface area contributed by atoms with Crippen molar-refractivity contribution in [1.82, 2.24) is 5.32 Å². The lowest BCUT2D eigenvalue weighted by atomic mass is 10.1. The predicted octanol–water partition coefficient (Wildman–Crippen LogP) is 2.79. The molecule has 0 amide bonds. The van der Waals surface area contributed by atoms with Gasteiger partial charge in [-0.1, -0.05) is 18.2 Å². The van der Waals surface area contributed by atoms with Crippen LogP contribution in [0.3, 0.4) is 0 Å². The minimum absolute atomic E-state index is 0.499. The standard InChI is InChI=1S/C13H18N2S/c1-11(7-8-16-2)15-10-13-6-4-3-5-12(13)9-14/h3-6,11,15H,7-8,10H2,1-2H3. The Kier molecular flexibility index (Phi) is 5.99. The van der Waals surface area contributed by atoms with Crippen LogP contribution in [0.15, 0.2) is 24.3 Å². The van der Waals surface area contributed by atoms with E-state index in [2.05, 4.69) is 24.6 Å². The Hall–Kier alpha value is -0.980. The van der Waals surface area contributed by atoms with E-state index in [1.54, 1.807) is 0 Å². The molecule has 1 unspecified atom stereocenters. The SMILES string of the molecule is CSCCC(C)NCc1ccccc1C#N. The van der Waals surface area contributed by atoms with E-state index in [9.17, 15) is 0 Å². The number of hydrogen-bond donors (Lipinski definition) is 1. The van der Waals surface area contributed by atoms with Crippen molar-refractivity contribution in [2.45, 2.75) is 25.9 Å². The molecule has 0 aliphatic rings. The van der Waals surface area contributed by atoms with Crippen molar-refractivity contribution >= 4 is 11.8 Å². The highest BCUT2D eigenvalue weighted by atomic mass is 32.2. The van der Waals surface area contributed by atoms with Gasteiger partial charge in [0.1, 0.15) is 0 Å². The number of rotatable bonds is 6. The van der Waals surface area contributed by atoms with Gasteiger partial charge >= 0.3 is 0 Å². The second-order valence-electron chi connectivity index (χ2n) is 3.83. The van der Waals surface area contributed by atoms with Gasteiger partial charge in [0.15, 0.2) is 0 Å². The molecule has 0 heterocycles. The van der Waals surface area contributed by atoms with E-state index in [-0.39, 0.29) is 0 Å². The molecule has 16 heavy (non-hydrogen) atoms. The molecule has 86 valence electrons. The van der Waals surface area contributed by atoms with E-state index in [1.165, 1.54) is 5.75 Å². The minimum atomic E-state index is 0.499. The Morgan fingerprint density at radius 1 is 1.44 bits per heavy atom. The van der Waals surface area contributed by atoms with Gasteiger partial charge in [-0.25, -0.2) is 0 Å². The van der Waals surface area contributed by atoms with E-state index in [1.807, 2.05) is 36.0 Å². The Bertz CT molecular complexity index is 357. The molecule has 0 saturated carbocycles. The summed E-state index contributed by atoms with van der Waals surface area (Å²) in [4.78, 5) is 0. The van der Waals surface area contributed by atoms with Gasteiger partial charge < -0.3 is 5.32 Å². The highest BCUT2D eigenvalue weighted by molar-refractivity contribution is 7.98. The largest absolute Gasteiger partial charge is 0.310 e. The van der Waals surface area contributed by atoms with Crippen LogP contribution in [-0.4, -0.2) is 18.1 Å². The smallest absolute Gasteiger partial charge is 0.0995 e. The molecule has 1 N–H and O–H groups in total. The van der Waals surface area contributed by atoms with Crippen molar-refractivity contribution in [3.63, 3.8) is 0 Å². The van der Waals surface area contributed by atoms with Gasteiger partial charge in [0.25, 0.3) is 0 Å². The van der Waals surface area contributed by atoms with Crippen LogP contribution < -0.4 is 5.32 Å². The molecule has 0 saturated heterocycles. The third-order valence-corrected chi connectivity index (χ3v) is 3.18. The van der Waals surface area contributed by atoms with Crippen molar-refractivity contribution in [3.05, 3.63) is 35.4 Å². The quantitative estimate of drug-likeness (QED) is 0.822. The average molecular weight is 234 g/mol. The van der Waals surface area contributed by atoms with Crippen LogP contribution in [0.1, 0.15) is 24.5 Å². The van der Waals surface area contributed by atoms with Crippen molar-refractivity contribution in [2.24, 2.45) is 0 Å². The van der Waals surface area contributed by atoms with Gasteiger partial charge in [-0.2, -0.15) is 17.0 Å². The molecule has 0 spiro atoms. The van der Waals surface area contributed by atoms with Gasteiger partial charge in [-0.15, -0.1) is 0 Å². The molecule has 1 atom stereocenters. The van der Waals surface area contributed by atoms with Crippen LogP contribution in [0.4, 0.5) is 0 Å². The van der Waals surface area contributed by atoms with Crippen LogP contribution in [0.2, 0.25) is 0 Å². The second-order valence-corrected chi connectivity index (χ2v) is 4.82. The van der Waals surface area contributed by atoms with Crippen LogP contribution in [0.25, 0.3) is 0 Å². The number of nitriles is 1. The van der Waals surface area contributed by atoms with Gasteiger partial charge in [0.2, 0.25) is 0 Å². The Labute approximate surface area is 102 Å². The lowest BCUT2D eigenvalue weighted by Gasteiger charge is -2.13. The fraction of sp³-hybridized carbons (Fsp3) is 0.462. The van der Waals surface area contributed by atoms with Crippen LogP contribution in [0, 0.1) is 11.3 Å². The summed E-state index contributed by atoms with van der Waals surface area (Å²) >= 11 is 1.87. The summed E-state index contributed by atoms with van der Waals surface area (Å²) in [7, 11) is 0. The number of benzene rings is 1. The van der Waals surface area contributed by atoms with Crippen LogP contribution in [0.5, 0.6) is 0 Å². The molecule has 0 bridgehead atoms. The summed E-state index contributed by atoms with van der Waals surface area (Å²) in [5, 5.41) is 12.4. The lowest BCUT2D eigenvalue weighted by Crippen LogP contribution is -2.26. The first-order valence-corrected chi connectivity index (χ1v) is 6.87. The van der Waals surface area contributed by atoms with Crippen molar-refractivity contribution < 1.29 is 0 Å². The normalized spacial score (nSPS) is 12.1. The molecule has 0 aliphatic heterocycles. The molecular weight excluding hydrogens is 216 g/mol. The highest BCUT2D eigenvalue weighted by Crippen LogP contribution is 2.08. The summed E-state index contributed by atoms with van der Waals surface area (Å²) in [5.74, 6) is 1.17. The topological polar surface area (TPSA) is 35.8 Å². The van der Waals surface area contributed by atoms with Crippen molar-refractivity contribution in [3.8, 4) is 6.07 Å². The zero-order valence-corrected chi connectivity index (χ0v) is 10.7. The summed E-state index contributed by atoms with van der Waals surface area (Å²) in [6, 6.07) is 10.5. The van der Waals surface area contributed by atoms with Gasteiger partial charge in [-0.05, 0) is 37.0 Å². The second kappa shape index (κ2) is 7.32. The summed E-state index contributed by atoms with van der Waals surface area (Å²) in [6.07, 6.45) is 3.29. The molecule has 1 rings (SSSR count). The zero-order valence-electron chi connectivity index (χ0n) is 9.86. The van der Waals surface area contributed by atoms with Crippen LogP contribution in [-0.2, 0) is 6.54 Å². The fourth-order valence-electron chi connectivity index (χ4n) is 1.46. The molecule has 0 radical (unpaired) electrons. The third-order valence-electron chi connectivity index (χ3n) is 2.53. The highest BCUT2D eigenvalue weighted by Gasteiger charge is 2.03. The Morgan fingerprint density at radius 3 is 2.88 bits per heavy atom. The monoisotopic (exact) mass is 234 g/mol. The minimum Gasteiger partial charge on any atom is -0.310 e. The van der Waals surface area contributed by atoms with Gasteiger partial charge in [-0.3, -0.25) is 0 Å². The predicted molar refractivity (Wildman–Crippen MR) is 70.5 cm³/mol. The van der Waals surface area contributed by atoms with Crippen molar-refractivity contribution in [1.29, 1.82) is 5.26 Å². The summed E-state index contributed by atoms with van der Waals surface area (Å²) < 4.78 is 0. The molecular formula is C13H18N2S. The lowest BCUT2D eigenvalue weighted by molar-refractivity contribution is 0.537. The molecule has 0 fully saturated rings. The average Bonchev–Trinajstić information content (AvgIpc) is 2.34. The first-order chi connectivity index (χ1) is 7.77. The number of thioether (sulfide) groups is 1. The molecule has 0 aromatic heterocycles. The van der Waals surface area contributed by atoms with Gasteiger partial charge in [0, 0.05) is 12.6 Å². The summed E-state index contributed by atoms with van der Waals surface area (Å²) in [5.41, 5.74) is 1.85. The molecule has 0 aliphatic carbocycles. The third kappa shape index (κ3) is 4.26. The maximum Gasteiger partial charge on any atom is 0.0995 e. The van der Waals surface area contributed by atoms with E-state index < -0.39 is 0 Å². The van der Waals surface area contributed by atoms with Crippen molar-refractivity contribution in [2.75, 3.05) is 12.0 Å². The fourth-order valence-corrected chi connectivity index (χ4v) is 2.05. The number of hydrogen-bond acceptors (Lipinski definition) is 3. The maximum atomic E-state index is 8.94. The molecule has 1 aromatic rings. The zero-order chi connectivity index (χ0) is 11.8. The van der Waals surface area contributed by atoms with E-state index in [0.29, 0.717) is 6.04 Å². The van der Waals surface area contributed by atoms with E-state index >= 15 is 0 Å². The van der Waals surface area contributed by atoms with E-state index in [4.69, 9.17) is 5.26 Å². The number of nitrogens with one attached hydrogen (secondary N) is 1. The molecule has 1 aromatic carbocycles. The maximum absolute atomic E-state index is 8.94. The molecule has 3 heteroatoms. The first kappa shape index (κ1) is 13.1. The number of nitrogens with zero attached hydrogens (tertiary/aromatic N) is 1. The summed E-state index contributed by atoms with van der Waals surface area (Å²) in [6.45, 7) is 2.96. The Balaban J connectivity index is 2.45. The van der Waals surface area contributed by atoms with Gasteiger partial charge in [0.05, 0.1) is 11.6 Å². The van der Waals surface area contributed by atoms with E-state index in [0.717, 1.165) is 24.1 Å².